The van der Waals surface area contributed by atoms with Gasteiger partial charge in [-0.1, -0.05) is 27.7 Å². The van der Waals surface area contributed by atoms with Gasteiger partial charge in [0.15, 0.2) is 11.5 Å². The van der Waals surface area contributed by atoms with Crippen LogP contribution >= 0.6 is 0 Å². The molecular weight excluding hydrogens is 320 g/mol. The number of hydrogen-bond donors (Lipinski definition) is 1. The number of fused-ring (bicyclic) bond motifs is 3. The molecule has 3 atom stereocenters. The standard InChI is InChI=1S/C20H24O5/c1-10(2)13-7-11(8-21)15-16-12(19(24)25-18(15)17(13)23)5-6-20(3,4)14(16)9-22/h7-10,12,14,16,23H,5-6H2,1-4H3. The Hall–Kier alpha value is -2.17. The van der Waals surface area contributed by atoms with Gasteiger partial charge < -0.3 is 14.6 Å². The van der Waals surface area contributed by atoms with Gasteiger partial charge in [0, 0.05) is 28.5 Å². The van der Waals surface area contributed by atoms with Crippen LogP contribution in [0.5, 0.6) is 11.5 Å². The van der Waals surface area contributed by atoms with Gasteiger partial charge in [-0.25, -0.2) is 0 Å². The number of benzene rings is 1. The Balaban J connectivity index is 2.30. The molecular formula is C20H24O5. The SMILES string of the molecule is CC(C)c1cc(C=O)c2c(c1O)OC(=O)C1CCC(C)(C)C(C=O)C21. The fraction of sp³-hybridized carbons (Fsp3) is 0.550. The third-order valence-electron chi connectivity index (χ3n) is 5.91. The maximum absolute atomic E-state index is 12.6. The molecule has 5 heteroatoms. The topological polar surface area (TPSA) is 80.7 Å². The number of ether oxygens (including phenoxy) is 1. The second-order valence-corrected chi connectivity index (χ2v) is 8.16. The highest BCUT2D eigenvalue weighted by Crippen LogP contribution is 2.57. The van der Waals surface area contributed by atoms with E-state index < -0.39 is 23.7 Å². The van der Waals surface area contributed by atoms with Crippen LogP contribution in [-0.4, -0.2) is 23.6 Å². The summed E-state index contributed by atoms with van der Waals surface area (Å²) in [4.78, 5) is 36.2. The smallest absolute Gasteiger partial charge is 0.315 e. The van der Waals surface area contributed by atoms with Crippen LogP contribution < -0.4 is 4.74 Å². The molecule has 1 fully saturated rings. The van der Waals surface area contributed by atoms with Crippen molar-refractivity contribution in [1.82, 2.24) is 0 Å². The summed E-state index contributed by atoms with van der Waals surface area (Å²) >= 11 is 0. The molecule has 0 bridgehead atoms. The van der Waals surface area contributed by atoms with Crippen LogP contribution in [-0.2, 0) is 9.59 Å². The molecule has 0 amide bonds. The predicted molar refractivity (Wildman–Crippen MR) is 92.0 cm³/mol. The van der Waals surface area contributed by atoms with E-state index in [0.29, 0.717) is 23.1 Å². The molecule has 1 aromatic carbocycles. The predicted octanol–water partition coefficient (Wildman–Crippen LogP) is 3.58. The quantitative estimate of drug-likeness (QED) is 0.515. The van der Waals surface area contributed by atoms with Crippen molar-refractivity contribution in [2.45, 2.75) is 52.4 Å². The summed E-state index contributed by atoms with van der Waals surface area (Å²) in [6, 6.07) is 1.66. The van der Waals surface area contributed by atoms with Crippen molar-refractivity contribution in [3.8, 4) is 11.5 Å². The number of aldehydes is 2. The molecule has 3 rings (SSSR count). The molecule has 5 nitrogen and oxygen atoms in total. The van der Waals surface area contributed by atoms with E-state index in [9.17, 15) is 19.5 Å². The minimum atomic E-state index is -0.460. The second-order valence-electron chi connectivity index (χ2n) is 8.16. The molecule has 1 aliphatic carbocycles. The van der Waals surface area contributed by atoms with Crippen LogP contribution in [0, 0.1) is 17.3 Å². The van der Waals surface area contributed by atoms with Crippen LogP contribution in [0.15, 0.2) is 6.07 Å². The number of hydrogen-bond acceptors (Lipinski definition) is 5. The van der Waals surface area contributed by atoms with Gasteiger partial charge in [-0.05, 0) is 30.2 Å². The normalized spacial score (nSPS) is 27.2. The summed E-state index contributed by atoms with van der Waals surface area (Å²) in [7, 11) is 0. The lowest BCUT2D eigenvalue weighted by molar-refractivity contribution is -0.146. The fourth-order valence-corrected chi connectivity index (χ4v) is 4.39. The molecule has 1 saturated carbocycles. The van der Waals surface area contributed by atoms with Gasteiger partial charge in [-0.15, -0.1) is 0 Å². The monoisotopic (exact) mass is 344 g/mol. The lowest BCUT2D eigenvalue weighted by Gasteiger charge is -2.47. The first-order valence-corrected chi connectivity index (χ1v) is 8.74. The van der Waals surface area contributed by atoms with E-state index in [4.69, 9.17) is 4.74 Å². The first-order valence-electron chi connectivity index (χ1n) is 8.74. The third-order valence-corrected chi connectivity index (χ3v) is 5.91. The molecule has 0 radical (unpaired) electrons. The number of carbonyl (C=O) groups excluding carboxylic acids is 3. The highest BCUT2D eigenvalue weighted by molar-refractivity contribution is 5.88. The van der Waals surface area contributed by atoms with E-state index in [1.807, 2.05) is 27.7 Å². The highest BCUT2D eigenvalue weighted by atomic mass is 16.5. The van der Waals surface area contributed by atoms with Crippen molar-refractivity contribution in [2.24, 2.45) is 17.3 Å². The molecule has 134 valence electrons. The van der Waals surface area contributed by atoms with Crippen LogP contribution in [0.4, 0.5) is 0 Å². The van der Waals surface area contributed by atoms with Crippen molar-refractivity contribution >= 4 is 18.5 Å². The Bertz CT molecular complexity index is 747. The van der Waals surface area contributed by atoms with Gasteiger partial charge in [0.25, 0.3) is 0 Å². The third kappa shape index (κ3) is 2.57. The minimum absolute atomic E-state index is 0.0370. The molecule has 1 N–H and O–H groups in total. The average Bonchev–Trinajstić information content (AvgIpc) is 2.54. The summed E-state index contributed by atoms with van der Waals surface area (Å²) in [6.45, 7) is 7.79. The number of phenols is 1. The van der Waals surface area contributed by atoms with Crippen molar-refractivity contribution in [3.05, 3.63) is 22.8 Å². The lowest BCUT2D eigenvalue weighted by Crippen LogP contribution is -2.46. The zero-order valence-electron chi connectivity index (χ0n) is 15.0. The van der Waals surface area contributed by atoms with E-state index in [-0.39, 0.29) is 22.8 Å². The Morgan fingerprint density at radius 3 is 2.56 bits per heavy atom. The summed E-state index contributed by atoms with van der Waals surface area (Å²) < 4.78 is 5.46. The Morgan fingerprint density at radius 2 is 2.00 bits per heavy atom. The van der Waals surface area contributed by atoms with Gasteiger partial charge in [0.2, 0.25) is 0 Å². The molecule has 2 aliphatic rings. The van der Waals surface area contributed by atoms with E-state index in [1.165, 1.54) is 0 Å². The summed E-state index contributed by atoms with van der Waals surface area (Å²) in [5.41, 5.74) is 1.17. The Labute approximate surface area is 147 Å². The highest BCUT2D eigenvalue weighted by Gasteiger charge is 2.52. The molecule has 1 heterocycles. The molecule has 3 unspecified atom stereocenters. The maximum Gasteiger partial charge on any atom is 0.315 e. The van der Waals surface area contributed by atoms with Gasteiger partial charge in [0.05, 0.1) is 5.92 Å². The van der Waals surface area contributed by atoms with Crippen molar-refractivity contribution in [2.75, 3.05) is 0 Å². The molecule has 1 aromatic rings. The van der Waals surface area contributed by atoms with E-state index in [0.717, 1.165) is 19.0 Å². The molecule has 1 aliphatic heterocycles. The zero-order valence-corrected chi connectivity index (χ0v) is 15.0. The summed E-state index contributed by atoms with van der Waals surface area (Å²) in [5.74, 6) is -1.82. The average molecular weight is 344 g/mol. The maximum atomic E-state index is 12.6. The van der Waals surface area contributed by atoms with Crippen LogP contribution in [0.3, 0.4) is 0 Å². The number of phenolic OH excluding ortho intramolecular Hbond substituents is 1. The summed E-state index contributed by atoms with van der Waals surface area (Å²) in [6.07, 6.45) is 2.95. The zero-order chi connectivity index (χ0) is 18.5. The van der Waals surface area contributed by atoms with Crippen LogP contribution in [0.25, 0.3) is 0 Å². The van der Waals surface area contributed by atoms with Crippen LogP contribution in [0.1, 0.15) is 73.9 Å². The summed E-state index contributed by atoms with van der Waals surface area (Å²) in [5, 5.41) is 10.6. The first kappa shape index (κ1) is 17.6. The molecule has 0 aromatic heterocycles. The van der Waals surface area contributed by atoms with Gasteiger partial charge >= 0.3 is 5.97 Å². The van der Waals surface area contributed by atoms with Gasteiger partial charge in [-0.3, -0.25) is 9.59 Å². The fourth-order valence-electron chi connectivity index (χ4n) is 4.39. The minimum Gasteiger partial charge on any atom is -0.504 e. The van der Waals surface area contributed by atoms with E-state index >= 15 is 0 Å². The second kappa shape index (κ2) is 5.97. The van der Waals surface area contributed by atoms with Crippen molar-refractivity contribution < 1.29 is 24.2 Å². The lowest BCUT2D eigenvalue weighted by atomic mass is 9.57. The van der Waals surface area contributed by atoms with Crippen molar-refractivity contribution in [1.29, 1.82) is 0 Å². The number of esters is 1. The Kier molecular flexibility index (Phi) is 4.21. The van der Waals surface area contributed by atoms with Gasteiger partial charge in [-0.2, -0.15) is 0 Å². The number of rotatable bonds is 3. The number of aromatic hydroxyl groups is 1. The number of carbonyl (C=O) groups is 3. The largest absolute Gasteiger partial charge is 0.504 e. The molecule has 0 spiro atoms. The van der Waals surface area contributed by atoms with Gasteiger partial charge in [0.1, 0.15) is 12.6 Å². The first-order chi connectivity index (χ1) is 11.7. The molecule has 25 heavy (non-hydrogen) atoms. The van der Waals surface area contributed by atoms with E-state index in [2.05, 4.69) is 0 Å². The Morgan fingerprint density at radius 1 is 1.32 bits per heavy atom. The van der Waals surface area contributed by atoms with E-state index in [1.54, 1.807) is 6.07 Å². The van der Waals surface area contributed by atoms with Crippen molar-refractivity contribution in [3.63, 3.8) is 0 Å². The van der Waals surface area contributed by atoms with Crippen LogP contribution in [0.2, 0.25) is 0 Å². The molecule has 0 saturated heterocycles.